The van der Waals surface area contributed by atoms with Gasteiger partial charge in [0.1, 0.15) is 11.5 Å². The van der Waals surface area contributed by atoms with Gasteiger partial charge in [-0.2, -0.15) is 0 Å². The largest absolute Gasteiger partial charge is 0.497 e. The van der Waals surface area contributed by atoms with Crippen LogP contribution in [0, 0.1) is 0 Å². The predicted octanol–water partition coefficient (Wildman–Crippen LogP) is 3.89. The van der Waals surface area contributed by atoms with Crippen LogP contribution in [0.25, 0.3) is 0 Å². The van der Waals surface area contributed by atoms with Gasteiger partial charge in [-0.25, -0.2) is 0 Å². The molecule has 2 N–H and O–H groups in total. The van der Waals surface area contributed by atoms with Crippen LogP contribution < -0.4 is 15.2 Å². The van der Waals surface area contributed by atoms with E-state index in [-0.39, 0.29) is 6.10 Å². The van der Waals surface area contributed by atoms with Crippen molar-refractivity contribution in [2.75, 3.05) is 7.11 Å². The van der Waals surface area contributed by atoms with Crippen molar-refractivity contribution in [3.05, 3.63) is 23.8 Å². The lowest BCUT2D eigenvalue weighted by Gasteiger charge is -2.17. The van der Waals surface area contributed by atoms with Crippen LogP contribution in [0.4, 0.5) is 0 Å². The first-order chi connectivity index (χ1) is 9.21. The van der Waals surface area contributed by atoms with E-state index in [2.05, 4.69) is 13.8 Å². The summed E-state index contributed by atoms with van der Waals surface area (Å²) in [6.07, 6.45) is 6.38. The summed E-state index contributed by atoms with van der Waals surface area (Å²) in [6, 6.07) is 5.81. The van der Waals surface area contributed by atoms with Crippen LogP contribution in [0.2, 0.25) is 0 Å². The van der Waals surface area contributed by atoms with Gasteiger partial charge in [-0.3, -0.25) is 0 Å². The third kappa shape index (κ3) is 5.52. The van der Waals surface area contributed by atoms with Crippen LogP contribution in [0.5, 0.6) is 11.5 Å². The van der Waals surface area contributed by atoms with Gasteiger partial charge >= 0.3 is 0 Å². The zero-order valence-corrected chi connectivity index (χ0v) is 12.4. The molecule has 0 amide bonds. The van der Waals surface area contributed by atoms with Crippen LogP contribution in [-0.4, -0.2) is 13.2 Å². The van der Waals surface area contributed by atoms with Crippen molar-refractivity contribution >= 4 is 0 Å². The summed E-state index contributed by atoms with van der Waals surface area (Å²) < 4.78 is 11.2. The Morgan fingerprint density at radius 3 is 2.63 bits per heavy atom. The number of unbranched alkanes of at least 4 members (excludes halogenated alkanes) is 3. The number of methoxy groups -OCH3 is 1. The Labute approximate surface area is 117 Å². The Kier molecular flexibility index (Phi) is 7.34. The fourth-order valence-corrected chi connectivity index (χ4v) is 2.07. The Morgan fingerprint density at radius 2 is 2.00 bits per heavy atom. The molecule has 0 spiro atoms. The predicted molar refractivity (Wildman–Crippen MR) is 79.7 cm³/mol. The first-order valence-corrected chi connectivity index (χ1v) is 7.24. The molecule has 0 bridgehead atoms. The van der Waals surface area contributed by atoms with E-state index in [4.69, 9.17) is 15.2 Å². The summed E-state index contributed by atoms with van der Waals surface area (Å²) in [7, 11) is 1.66. The summed E-state index contributed by atoms with van der Waals surface area (Å²) in [5.41, 5.74) is 6.77. The average Bonchev–Trinajstić information content (AvgIpc) is 2.43. The molecule has 1 atom stereocenters. The summed E-state index contributed by atoms with van der Waals surface area (Å²) in [4.78, 5) is 0. The minimum Gasteiger partial charge on any atom is -0.497 e. The van der Waals surface area contributed by atoms with Crippen molar-refractivity contribution in [1.82, 2.24) is 0 Å². The van der Waals surface area contributed by atoms with Crippen LogP contribution in [-0.2, 0) is 6.54 Å². The van der Waals surface area contributed by atoms with Gasteiger partial charge in [0.25, 0.3) is 0 Å². The highest BCUT2D eigenvalue weighted by Crippen LogP contribution is 2.26. The van der Waals surface area contributed by atoms with Gasteiger partial charge in [0.15, 0.2) is 0 Å². The lowest BCUT2D eigenvalue weighted by Crippen LogP contribution is -2.13. The third-order valence-electron chi connectivity index (χ3n) is 3.29. The molecule has 1 aromatic carbocycles. The maximum absolute atomic E-state index is 6.00. The number of ether oxygens (including phenoxy) is 2. The normalized spacial score (nSPS) is 12.2. The van der Waals surface area contributed by atoms with Crippen LogP contribution in [0.3, 0.4) is 0 Å². The monoisotopic (exact) mass is 265 g/mol. The van der Waals surface area contributed by atoms with Crippen LogP contribution in [0.1, 0.15) is 51.5 Å². The van der Waals surface area contributed by atoms with Crippen molar-refractivity contribution in [3.8, 4) is 11.5 Å². The molecule has 19 heavy (non-hydrogen) atoms. The summed E-state index contributed by atoms with van der Waals surface area (Å²) >= 11 is 0. The SMILES string of the molecule is CCCCCCC(C)Oc1cc(OC)ccc1CN. The molecule has 0 heterocycles. The van der Waals surface area contributed by atoms with Gasteiger partial charge < -0.3 is 15.2 Å². The molecule has 1 unspecified atom stereocenters. The molecule has 3 nitrogen and oxygen atoms in total. The van der Waals surface area contributed by atoms with E-state index in [1.165, 1.54) is 25.7 Å². The number of benzene rings is 1. The van der Waals surface area contributed by atoms with Crippen molar-refractivity contribution in [2.45, 2.75) is 58.6 Å². The van der Waals surface area contributed by atoms with E-state index < -0.39 is 0 Å². The van der Waals surface area contributed by atoms with Gasteiger partial charge in [0, 0.05) is 18.2 Å². The van der Waals surface area contributed by atoms with Gasteiger partial charge in [-0.1, -0.05) is 32.3 Å². The van der Waals surface area contributed by atoms with Crippen LogP contribution in [0.15, 0.2) is 18.2 Å². The van der Waals surface area contributed by atoms with Crippen molar-refractivity contribution < 1.29 is 9.47 Å². The molecular formula is C16H27NO2. The molecule has 0 fully saturated rings. The molecule has 0 radical (unpaired) electrons. The van der Waals surface area contributed by atoms with E-state index in [9.17, 15) is 0 Å². The van der Waals surface area contributed by atoms with Crippen molar-refractivity contribution in [3.63, 3.8) is 0 Å². The summed E-state index contributed by atoms with van der Waals surface area (Å²) in [5, 5.41) is 0. The molecule has 1 rings (SSSR count). The Hall–Kier alpha value is -1.22. The maximum atomic E-state index is 6.00. The highest BCUT2D eigenvalue weighted by molar-refractivity contribution is 5.40. The van der Waals surface area contributed by atoms with Crippen LogP contribution >= 0.6 is 0 Å². The Balaban J connectivity index is 2.54. The number of hydrogen-bond acceptors (Lipinski definition) is 3. The molecular weight excluding hydrogens is 238 g/mol. The molecule has 0 aromatic heterocycles. The van der Waals surface area contributed by atoms with E-state index in [1.54, 1.807) is 7.11 Å². The Bertz CT molecular complexity index is 366. The molecule has 0 saturated carbocycles. The van der Waals surface area contributed by atoms with E-state index in [0.29, 0.717) is 6.54 Å². The van der Waals surface area contributed by atoms with Gasteiger partial charge in [-0.05, 0) is 25.8 Å². The third-order valence-corrected chi connectivity index (χ3v) is 3.29. The maximum Gasteiger partial charge on any atom is 0.127 e. The van der Waals surface area contributed by atoms with Gasteiger partial charge in [0.2, 0.25) is 0 Å². The minimum atomic E-state index is 0.217. The van der Waals surface area contributed by atoms with Gasteiger partial charge in [-0.15, -0.1) is 0 Å². The second-order valence-electron chi connectivity index (χ2n) is 4.96. The van der Waals surface area contributed by atoms with E-state index >= 15 is 0 Å². The fourth-order valence-electron chi connectivity index (χ4n) is 2.07. The minimum absolute atomic E-state index is 0.217. The molecule has 0 saturated heterocycles. The van der Waals surface area contributed by atoms with Gasteiger partial charge in [0.05, 0.1) is 13.2 Å². The highest BCUT2D eigenvalue weighted by atomic mass is 16.5. The second-order valence-corrected chi connectivity index (χ2v) is 4.96. The Morgan fingerprint density at radius 1 is 1.21 bits per heavy atom. The topological polar surface area (TPSA) is 44.5 Å². The zero-order valence-electron chi connectivity index (χ0n) is 12.4. The number of rotatable bonds is 9. The molecule has 108 valence electrons. The molecule has 1 aromatic rings. The van der Waals surface area contributed by atoms with E-state index in [0.717, 1.165) is 23.5 Å². The fraction of sp³-hybridized carbons (Fsp3) is 0.625. The molecule has 0 aliphatic heterocycles. The summed E-state index contributed by atoms with van der Waals surface area (Å²) in [6.45, 7) is 4.83. The quantitative estimate of drug-likeness (QED) is 0.689. The lowest BCUT2D eigenvalue weighted by atomic mass is 10.1. The average molecular weight is 265 g/mol. The molecule has 0 aliphatic rings. The molecule has 0 aliphatic carbocycles. The number of hydrogen-bond donors (Lipinski definition) is 1. The highest BCUT2D eigenvalue weighted by Gasteiger charge is 2.09. The molecule has 3 heteroatoms. The lowest BCUT2D eigenvalue weighted by molar-refractivity contribution is 0.203. The smallest absolute Gasteiger partial charge is 0.127 e. The van der Waals surface area contributed by atoms with Crippen molar-refractivity contribution in [2.24, 2.45) is 5.73 Å². The second kappa shape index (κ2) is 8.81. The zero-order chi connectivity index (χ0) is 14.1. The first-order valence-electron chi connectivity index (χ1n) is 7.24. The standard InChI is InChI=1S/C16H27NO2/c1-4-5-6-7-8-13(2)19-16-11-15(18-3)10-9-14(16)12-17/h9-11,13H,4-8,12,17H2,1-3H3. The van der Waals surface area contributed by atoms with E-state index in [1.807, 2.05) is 18.2 Å². The summed E-state index contributed by atoms with van der Waals surface area (Å²) in [5.74, 6) is 1.66. The first kappa shape index (κ1) is 15.8. The van der Waals surface area contributed by atoms with Crippen molar-refractivity contribution in [1.29, 1.82) is 0 Å². The number of nitrogens with two attached hydrogens (primary N) is 1.